The van der Waals surface area contributed by atoms with E-state index in [9.17, 15) is 14.7 Å². The third-order valence-corrected chi connectivity index (χ3v) is 9.18. The summed E-state index contributed by atoms with van der Waals surface area (Å²) in [6, 6.07) is 16.1. The average molecular weight is 529 g/mol. The van der Waals surface area contributed by atoms with Gasteiger partial charge in [0.1, 0.15) is 10.7 Å². The Balaban J connectivity index is 1.30. The first-order valence-corrected chi connectivity index (χ1v) is 14.1. The molecule has 1 aliphatic heterocycles. The summed E-state index contributed by atoms with van der Waals surface area (Å²) in [5.74, 6) is 0.774. The number of carboxylic acid groups (broad SMARTS) is 1. The van der Waals surface area contributed by atoms with Crippen LogP contribution in [0.4, 0.5) is 11.4 Å². The van der Waals surface area contributed by atoms with E-state index >= 15 is 0 Å². The van der Waals surface area contributed by atoms with Crippen molar-refractivity contribution in [1.29, 1.82) is 0 Å². The van der Waals surface area contributed by atoms with Crippen LogP contribution in [0, 0.1) is 11.8 Å². The van der Waals surface area contributed by atoms with Crippen LogP contribution in [0.15, 0.2) is 48.5 Å². The van der Waals surface area contributed by atoms with E-state index in [-0.39, 0.29) is 16.6 Å². The van der Waals surface area contributed by atoms with Crippen molar-refractivity contribution in [2.45, 2.75) is 58.7 Å². The maximum Gasteiger partial charge on any atom is 0.348 e. The molecule has 196 valence electrons. The predicted molar refractivity (Wildman–Crippen MR) is 153 cm³/mol. The number of nitrogens with one attached hydrogen (secondary N) is 2. The van der Waals surface area contributed by atoms with Gasteiger partial charge in [-0.2, -0.15) is 0 Å². The fourth-order valence-corrected chi connectivity index (χ4v) is 6.81. The van der Waals surface area contributed by atoms with Gasteiger partial charge in [-0.1, -0.05) is 38.0 Å². The summed E-state index contributed by atoms with van der Waals surface area (Å²) in [5, 5.41) is 16.8. The molecule has 4 aromatic rings. The van der Waals surface area contributed by atoms with Gasteiger partial charge in [0.2, 0.25) is 0 Å². The lowest BCUT2D eigenvalue weighted by molar-refractivity contribution is -0.127. The molecule has 8 heteroatoms. The highest BCUT2D eigenvalue weighted by molar-refractivity contribution is 7.18. The van der Waals surface area contributed by atoms with Gasteiger partial charge in [0.25, 0.3) is 0 Å². The zero-order valence-electron chi connectivity index (χ0n) is 21.9. The minimum atomic E-state index is -0.997. The number of carbonyl (C=O) groups excluding carboxylic acids is 1. The second-order valence-corrected chi connectivity index (χ2v) is 12.2. The molecule has 3 N–H and O–H groups in total. The van der Waals surface area contributed by atoms with Gasteiger partial charge < -0.3 is 20.3 Å². The van der Waals surface area contributed by atoms with E-state index in [4.69, 9.17) is 4.98 Å². The van der Waals surface area contributed by atoms with E-state index in [0.717, 1.165) is 64.2 Å². The molecular formula is C30H32N4O3S. The van der Waals surface area contributed by atoms with Crippen LogP contribution in [0.1, 0.15) is 56.1 Å². The molecule has 2 aromatic carbocycles. The Kier molecular flexibility index (Phi) is 6.02. The quantitative estimate of drug-likeness (QED) is 0.247. The number of benzene rings is 2. The molecule has 1 aliphatic carbocycles. The van der Waals surface area contributed by atoms with Crippen molar-refractivity contribution in [2.24, 2.45) is 11.8 Å². The van der Waals surface area contributed by atoms with Crippen LogP contribution < -0.4 is 10.6 Å². The maximum absolute atomic E-state index is 13.4. The van der Waals surface area contributed by atoms with E-state index in [1.54, 1.807) is 0 Å². The normalized spacial score (nSPS) is 18.9. The van der Waals surface area contributed by atoms with Crippen molar-refractivity contribution in [3.63, 3.8) is 0 Å². The lowest BCUT2D eigenvalue weighted by atomic mass is 9.76. The van der Waals surface area contributed by atoms with Gasteiger partial charge in [-0.15, -0.1) is 11.3 Å². The number of ketones is 1. The summed E-state index contributed by atoms with van der Waals surface area (Å²) in [4.78, 5) is 31.5. The molecule has 1 saturated carbocycles. The molecule has 3 heterocycles. The van der Waals surface area contributed by atoms with Crippen LogP contribution in [0.2, 0.25) is 0 Å². The minimum Gasteiger partial charge on any atom is -0.477 e. The lowest BCUT2D eigenvalue weighted by Crippen LogP contribution is -2.45. The van der Waals surface area contributed by atoms with Gasteiger partial charge in [-0.3, -0.25) is 4.79 Å². The van der Waals surface area contributed by atoms with Crippen LogP contribution in [0.5, 0.6) is 0 Å². The van der Waals surface area contributed by atoms with Crippen molar-refractivity contribution in [3.8, 4) is 21.8 Å². The predicted octanol–water partition coefficient (Wildman–Crippen LogP) is 7.10. The second-order valence-electron chi connectivity index (χ2n) is 11.2. The molecule has 0 amide bonds. The van der Waals surface area contributed by atoms with Crippen molar-refractivity contribution < 1.29 is 14.7 Å². The Bertz CT molecular complexity index is 1560. The molecule has 0 atom stereocenters. The summed E-state index contributed by atoms with van der Waals surface area (Å²) < 4.78 is 2.17. The molecule has 2 aliphatic rings. The largest absolute Gasteiger partial charge is 0.477 e. The zero-order valence-corrected chi connectivity index (χ0v) is 22.7. The van der Waals surface area contributed by atoms with Crippen molar-refractivity contribution in [1.82, 2.24) is 9.55 Å². The standard InChI is InChI=1S/C30H32N4O3S/c1-17-8-10-18(11-9-17)27(35)30(2,3)33-23-15-25(38-26(23)29(36)37)19-12-13-20-22(14-19)31-16-34-24-7-5-4-6-21(24)32-28(20)34/h4-7,12-15,17-18,31,33H,8-11,16H2,1-3H3,(H,36,37). The smallest absolute Gasteiger partial charge is 0.348 e. The van der Waals surface area contributed by atoms with Crippen LogP contribution in [-0.4, -0.2) is 31.9 Å². The monoisotopic (exact) mass is 528 g/mol. The van der Waals surface area contributed by atoms with E-state index in [0.29, 0.717) is 18.3 Å². The van der Waals surface area contributed by atoms with Crippen molar-refractivity contribution >= 4 is 45.5 Å². The first-order valence-electron chi connectivity index (χ1n) is 13.2. The summed E-state index contributed by atoms with van der Waals surface area (Å²) >= 11 is 1.23. The highest BCUT2D eigenvalue weighted by atomic mass is 32.1. The van der Waals surface area contributed by atoms with E-state index in [1.807, 2.05) is 50.2 Å². The topological polar surface area (TPSA) is 96.3 Å². The number of nitrogens with zero attached hydrogens (tertiary/aromatic N) is 2. The fourth-order valence-electron chi connectivity index (χ4n) is 5.86. The van der Waals surface area contributed by atoms with Crippen LogP contribution >= 0.6 is 11.3 Å². The SMILES string of the molecule is CC1CCC(C(=O)C(C)(C)Nc2cc(-c3ccc4c(c3)NCn3c-4nc4ccccc43)sc2C(=O)O)CC1. The van der Waals surface area contributed by atoms with Crippen LogP contribution in [-0.2, 0) is 11.5 Å². The molecule has 38 heavy (non-hydrogen) atoms. The Morgan fingerprint density at radius 2 is 1.87 bits per heavy atom. The second kappa shape index (κ2) is 9.27. The number of fused-ring (bicyclic) bond motifs is 5. The number of aromatic carboxylic acids is 1. The number of thiophene rings is 1. The number of rotatable bonds is 6. The highest BCUT2D eigenvalue weighted by Gasteiger charge is 2.36. The van der Waals surface area contributed by atoms with Crippen molar-refractivity contribution in [2.75, 3.05) is 10.6 Å². The number of carboxylic acids is 1. The Morgan fingerprint density at radius 3 is 2.63 bits per heavy atom. The molecule has 0 spiro atoms. The number of hydrogen-bond acceptors (Lipinski definition) is 6. The van der Waals surface area contributed by atoms with Gasteiger partial charge >= 0.3 is 5.97 Å². The number of imidazole rings is 1. The Morgan fingerprint density at radius 1 is 1.11 bits per heavy atom. The molecule has 1 fully saturated rings. The van der Waals surface area contributed by atoms with Gasteiger partial charge in [-0.25, -0.2) is 9.78 Å². The number of Topliss-reactive ketones (excluding diaryl/α,β-unsaturated/α-hetero) is 1. The first kappa shape index (κ1) is 24.7. The molecule has 0 saturated heterocycles. The molecule has 2 aromatic heterocycles. The van der Waals surface area contributed by atoms with Gasteiger partial charge in [0.05, 0.1) is 28.9 Å². The molecular weight excluding hydrogens is 496 g/mol. The first-order chi connectivity index (χ1) is 18.2. The molecule has 6 rings (SSSR count). The van der Waals surface area contributed by atoms with Gasteiger partial charge in [0.15, 0.2) is 5.78 Å². The lowest BCUT2D eigenvalue weighted by Gasteiger charge is -2.33. The Hall–Kier alpha value is -3.65. The zero-order chi connectivity index (χ0) is 26.6. The molecule has 0 bridgehead atoms. The number of para-hydroxylation sites is 2. The molecule has 7 nitrogen and oxygen atoms in total. The Labute approximate surface area is 225 Å². The van der Waals surface area contributed by atoms with Gasteiger partial charge in [0, 0.05) is 22.0 Å². The molecule has 0 unspecified atom stereocenters. The number of anilines is 2. The number of aromatic nitrogens is 2. The van der Waals surface area contributed by atoms with Crippen molar-refractivity contribution in [3.05, 3.63) is 53.4 Å². The third kappa shape index (κ3) is 4.26. The summed E-state index contributed by atoms with van der Waals surface area (Å²) in [6.07, 6.45) is 3.94. The van der Waals surface area contributed by atoms with E-state index < -0.39 is 11.5 Å². The summed E-state index contributed by atoms with van der Waals surface area (Å²) in [6.45, 7) is 6.58. The maximum atomic E-state index is 13.4. The van der Waals surface area contributed by atoms with Gasteiger partial charge in [-0.05, 0) is 68.5 Å². The minimum absolute atomic E-state index is 0.0241. The molecule has 0 radical (unpaired) electrons. The summed E-state index contributed by atoms with van der Waals surface area (Å²) in [7, 11) is 0. The summed E-state index contributed by atoms with van der Waals surface area (Å²) in [5.41, 5.74) is 4.58. The third-order valence-electron chi connectivity index (χ3n) is 8.00. The van der Waals surface area contributed by atoms with E-state index in [2.05, 4.69) is 34.3 Å². The van der Waals surface area contributed by atoms with E-state index in [1.165, 1.54) is 11.3 Å². The highest BCUT2D eigenvalue weighted by Crippen LogP contribution is 2.41. The van der Waals surface area contributed by atoms with Crippen LogP contribution in [0.3, 0.4) is 0 Å². The average Bonchev–Trinajstić information content (AvgIpc) is 3.50. The number of hydrogen-bond donors (Lipinski definition) is 3. The fraction of sp³-hybridized carbons (Fsp3) is 0.367. The van der Waals surface area contributed by atoms with Crippen LogP contribution in [0.25, 0.3) is 32.9 Å². The number of carbonyl (C=O) groups is 2.